The lowest BCUT2D eigenvalue weighted by atomic mass is 10.1. The Morgan fingerprint density at radius 2 is 2.14 bits per heavy atom. The average Bonchev–Trinajstić information content (AvgIpc) is 3.14. The molecular weight excluding hydrogens is 363 g/mol. The van der Waals surface area contributed by atoms with Crippen LogP contribution in [0.15, 0.2) is 30.6 Å². The summed E-state index contributed by atoms with van der Waals surface area (Å²) in [4.78, 5) is 26.6. The summed E-state index contributed by atoms with van der Waals surface area (Å²) >= 11 is 0. The third kappa shape index (κ3) is 5.13. The summed E-state index contributed by atoms with van der Waals surface area (Å²) in [5.41, 5.74) is 0.903. The third-order valence-electron chi connectivity index (χ3n) is 4.83. The fourth-order valence-corrected chi connectivity index (χ4v) is 3.30. The number of carbonyl (C=O) groups is 2. The second-order valence-corrected chi connectivity index (χ2v) is 6.74. The molecule has 0 saturated carbocycles. The largest absolute Gasteiger partial charge is 0.356 e. The Labute approximate surface area is 163 Å². The number of benzene rings is 1. The number of hydrogen-bond donors (Lipinski definition) is 2. The van der Waals surface area contributed by atoms with E-state index >= 15 is 0 Å². The van der Waals surface area contributed by atoms with Crippen LogP contribution >= 0.6 is 0 Å². The van der Waals surface area contributed by atoms with Gasteiger partial charge in [0, 0.05) is 39.1 Å². The van der Waals surface area contributed by atoms with Gasteiger partial charge in [0.1, 0.15) is 18.0 Å². The molecular formula is C19H25FN6O2. The van der Waals surface area contributed by atoms with Gasteiger partial charge in [-0.05, 0) is 24.6 Å². The SMILES string of the molecule is CCn1cnnc1CCNC(=O)C[C@H]1C(=O)NCCN1Cc1ccc(F)cc1. The molecule has 3 rings (SSSR count). The zero-order valence-electron chi connectivity index (χ0n) is 15.9. The molecule has 9 heteroatoms. The van der Waals surface area contributed by atoms with Gasteiger partial charge in [-0.3, -0.25) is 14.5 Å². The first kappa shape index (κ1) is 19.9. The van der Waals surface area contributed by atoms with Crippen LogP contribution in [0.25, 0.3) is 0 Å². The zero-order valence-corrected chi connectivity index (χ0v) is 15.9. The van der Waals surface area contributed by atoms with Crippen molar-refractivity contribution in [2.45, 2.75) is 38.9 Å². The Morgan fingerprint density at radius 3 is 2.89 bits per heavy atom. The first-order valence-corrected chi connectivity index (χ1v) is 9.46. The summed E-state index contributed by atoms with van der Waals surface area (Å²) in [7, 11) is 0. The molecule has 2 N–H and O–H groups in total. The van der Waals surface area contributed by atoms with Gasteiger partial charge in [0.2, 0.25) is 11.8 Å². The van der Waals surface area contributed by atoms with E-state index in [1.807, 2.05) is 16.4 Å². The van der Waals surface area contributed by atoms with Gasteiger partial charge in [0.15, 0.2) is 0 Å². The van der Waals surface area contributed by atoms with E-state index in [4.69, 9.17) is 0 Å². The number of rotatable bonds is 8. The van der Waals surface area contributed by atoms with Gasteiger partial charge in [-0.1, -0.05) is 12.1 Å². The molecule has 1 saturated heterocycles. The topological polar surface area (TPSA) is 92.1 Å². The lowest BCUT2D eigenvalue weighted by molar-refractivity contribution is -0.134. The van der Waals surface area contributed by atoms with Gasteiger partial charge in [0.25, 0.3) is 0 Å². The van der Waals surface area contributed by atoms with E-state index in [1.54, 1.807) is 18.5 Å². The maximum Gasteiger partial charge on any atom is 0.237 e. The molecule has 8 nitrogen and oxygen atoms in total. The summed E-state index contributed by atoms with van der Waals surface area (Å²) in [6.45, 7) is 4.88. The van der Waals surface area contributed by atoms with Crippen LogP contribution in [0.3, 0.4) is 0 Å². The molecule has 150 valence electrons. The number of aromatic nitrogens is 3. The lowest BCUT2D eigenvalue weighted by Gasteiger charge is -2.34. The van der Waals surface area contributed by atoms with Crippen LogP contribution in [-0.4, -0.2) is 57.2 Å². The van der Waals surface area contributed by atoms with E-state index in [0.717, 1.165) is 17.9 Å². The molecule has 0 spiro atoms. The van der Waals surface area contributed by atoms with Crippen molar-refractivity contribution >= 4 is 11.8 Å². The van der Waals surface area contributed by atoms with Gasteiger partial charge in [-0.25, -0.2) is 4.39 Å². The van der Waals surface area contributed by atoms with Crippen LogP contribution in [0.1, 0.15) is 24.7 Å². The minimum absolute atomic E-state index is 0.0769. The molecule has 1 atom stereocenters. The number of aryl methyl sites for hydroxylation is 1. The number of nitrogens with one attached hydrogen (secondary N) is 2. The van der Waals surface area contributed by atoms with Crippen molar-refractivity contribution in [3.63, 3.8) is 0 Å². The average molecular weight is 388 g/mol. The molecule has 0 radical (unpaired) electrons. The Bertz CT molecular complexity index is 807. The quantitative estimate of drug-likeness (QED) is 0.687. The highest BCUT2D eigenvalue weighted by Crippen LogP contribution is 2.14. The Morgan fingerprint density at radius 1 is 1.36 bits per heavy atom. The summed E-state index contributed by atoms with van der Waals surface area (Å²) in [6, 6.07) is 5.65. The van der Waals surface area contributed by atoms with Gasteiger partial charge in [-0.2, -0.15) is 0 Å². The normalized spacial score (nSPS) is 17.4. The highest BCUT2D eigenvalue weighted by atomic mass is 19.1. The van der Waals surface area contributed by atoms with E-state index in [-0.39, 0.29) is 24.1 Å². The van der Waals surface area contributed by atoms with Crippen LogP contribution in [0.5, 0.6) is 0 Å². The van der Waals surface area contributed by atoms with Crippen molar-refractivity contribution < 1.29 is 14.0 Å². The van der Waals surface area contributed by atoms with Gasteiger partial charge >= 0.3 is 0 Å². The number of piperazine rings is 1. The highest BCUT2D eigenvalue weighted by Gasteiger charge is 2.31. The van der Waals surface area contributed by atoms with Crippen LogP contribution in [0, 0.1) is 5.82 Å². The molecule has 1 aromatic carbocycles. The summed E-state index contributed by atoms with van der Waals surface area (Å²) in [6.07, 6.45) is 2.32. The highest BCUT2D eigenvalue weighted by molar-refractivity contribution is 5.88. The number of hydrogen-bond acceptors (Lipinski definition) is 5. The fraction of sp³-hybridized carbons (Fsp3) is 0.474. The first-order chi connectivity index (χ1) is 13.6. The van der Waals surface area contributed by atoms with E-state index in [9.17, 15) is 14.0 Å². The smallest absolute Gasteiger partial charge is 0.237 e. The molecule has 2 aromatic rings. The second kappa shape index (κ2) is 9.41. The molecule has 1 aliphatic rings. The molecule has 0 bridgehead atoms. The van der Waals surface area contributed by atoms with Crippen LogP contribution in [0.2, 0.25) is 0 Å². The van der Waals surface area contributed by atoms with Crippen molar-refractivity contribution in [2.75, 3.05) is 19.6 Å². The molecule has 2 heterocycles. The minimum Gasteiger partial charge on any atom is -0.356 e. The predicted octanol–water partition coefficient (Wildman–Crippen LogP) is 0.487. The van der Waals surface area contributed by atoms with Crippen LogP contribution < -0.4 is 10.6 Å². The molecule has 0 unspecified atom stereocenters. The standard InChI is InChI=1S/C19H25FN6O2/c1-2-25-13-23-24-17(25)7-8-21-18(27)11-16-19(28)22-9-10-26(16)12-14-3-5-15(20)6-4-14/h3-6,13,16H,2,7-12H2,1H3,(H,21,27)(H,22,28)/t16-/m0/s1. The van der Waals surface area contributed by atoms with E-state index in [0.29, 0.717) is 32.6 Å². The van der Waals surface area contributed by atoms with Crippen molar-refractivity contribution in [3.05, 3.63) is 47.8 Å². The maximum absolute atomic E-state index is 13.1. The monoisotopic (exact) mass is 388 g/mol. The third-order valence-corrected chi connectivity index (χ3v) is 4.83. The zero-order chi connectivity index (χ0) is 19.9. The number of nitrogens with zero attached hydrogens (tertiary/aromatic N) is 4. The molecule has 2 amide bonds. The molecule has 28 heavy (non-hydrogen) atoms. The number of carbonyl (C=O) groups excluding carboxylic acids is 2. The van der Waals surface area contributed by atoms with E-state index in [2.05, 4.69) is 20.8 Å². The van der Waals surface area contributed by atoms with Gasteiger partial charge in [0.05, 0.1) is 12.5 Å². The molecule has 1 aliphatic heterocycles. The van der Waals surface area contributed by atoms with E-state index in [1.165, 1.54) is 12.1 Å². The first-order valence-electron chi connectivity index (χ1n) is 9.46. The predicted molar refractivity (Wildman–Crippen MR) is 101 cm³/mol. The Kier molecular flexibility index (Phi) is 6.70. The Hall–Kier alpha value is -2.81. The molecule has 0 aliphatic carbocycles. The van der Waals surface area contributed by atoms with Crippen molar-refractivity contribution in [1.29, 1.82) is 0 Å². The minimum atomic E-state index is -0.543. The molecule has 1 aromatic heterocycles. The second-order valence-electron chi connectivity index (χ2n) is 6.74. The lowest BCUT2D eigenvalue weighted by Crippen LogP contribution is -2.56. The van der Waals surface area contributed by atoms with Gasteiger partial charge < -0.3 is 15.2 Å². The number of halogens is 1. The Balaban J connectivity index is 1.53. The van der Waals surface area contributed by atoms with Gasteiger partial charge in [-0.15, -0.1) is 10.2 Å². The van der Waals surface area contributed by atoms with Crippen LogP contribution in [0.4, 0.5) is 4.39 Å². The van der Waals surface area contributed by atoms with Crippen molar-refractivity contribution in [2.24, 2.45) is 0 Å². The van der Waals surface area contributed by atoms with Crippen LogP contribution in [-0.2, 0) is 29.1 Å². The summed E-state index contributed by atoms with van der Waals surface area (Å²) < 4.78 is 15.0. The van der Waals surface area contributed by atoms with Crippen molar-refractivity contribution in [1.82, 2.24) is 30.3 Å². The molecule has 1 fully saturated rings. The summed E-state index contributed by atoms with van der Waals surface area (Å²) in [5, 5.41) is 13.6. The van der Waals surface area contributed by atoms with E-state index < -0.39 is 6.04 Å². The number of amides is 2. The van der Waals surface area contributed by atoms with Crippen molar-refractivity contribution in [3.8, 4) is 0 Å². The maximum atomic E-state index is 13.1. The fourth-order valence-electron chi connectivity index (χ4n) is 3.30. The summed E-state index contributed by atoms with van der Waals surface area (Å²) in [5.74, 6) is 0.175.